The monoisotopic (exact) mass is 582 g/mol. The van der Waals surface area contributed by atoms with Crippen LogP contribution in [0.15, 0.2) is 30.3 Å². The van der Waals surface area contributed by atoms with Crippen LogP contribution in [0.1, 0.15) is 36.4 Å². The third kappa shape index (κ3) is 5.57. The molecule has 3 heterocycles. The normalized spacial score (nSPS) is 16.0. The molecule has 4 aromatic rings. The molecule has 0 bridgehead atoms. The maximum atomic E-state index is 15.8. The average Bonchev–Trinajstić information content (AvgIpc) is 3.54. The van der Waals surface area contributed by atoms with E-state index in [1.807, 2.05) is 14.1 Å². The smallest absolute Gasteiger partial charge is 0.264 e. The van der Waals surface area contributed by atoms with E-state index in [0.717, 1.165) is 34.9 Å². The van der Waals surface area contributed by atoms with Gasteiger partial charge in [0.25, 0.3) is 5.91 Å². The van der Waals surface area contributed by atoms with Gasteiger partial charge in [0.15, 0.2) is 11.6 Å². The van der Waals surface area contributed by atoms with Crippen LogP contribution >= 0.6 is 11.3 Å². The summed E-state index contributed by atoms with van der Waals surface area (Å²) in [5.41, 5.74) is -1.06. The van der Waals surface area contributed by atoms with Gasteiger partial charge in [0.1, 0.15) is 16.9 Å². The first-order valence-corrected chi connectivity index (χ1v) is 13.9. The average molecular weight is 583 g/mol. The third-order valence-electron chi connectivity index (χ3n) is 7.20. The number of halogens is 3. The number of aliphatic hydroxyl groups is 1. The van der Waals surface area contributed by atoms with Crippen LogP contribution in [0.3, 0.4) is 0 Å². The Hall–Kier alpha value is -3.79. The highest BCUT2D eigenvalue weighted by molar-refractivity contribution is 7.18. The minimum Gasteiger partial charge on any atom is -0.389 e. The van der Waals surface area contributed by atoms with E-state index in [-0.39, 0.29) is 45.7 Å². The molecule has 2 aromatic carbocycles. The first-order chi connectivity index (χ1) is 19.4. The van der Waals surface area contributed by atoms with E-state index in [4.69, 9.17) is 6.57 Å². The van der Waals surface area contributed by atoms with Gasteiger partial charge in [-0.15, -0.1) is 16.4 Å². The maximum absolute atomic E-state index is 15.8. The number of thiophene rings is 1. The highest BCUT2D eigenvalue weighted by Crippen LogP contribution is 2.43. The van der Waals surface area contributed by atoms with E-state index in [9.17, 15) is 14.3 Å². The van der Waals surface area contributed by atoms with Gasteiger partial charge in [-0.3, -0.25) is 4.79 Å². The zero-order chi connectivity index (χ0) is 29.6. The zero-order valence-electron chi connectivity index (χ0n) is 23.1. The number of hydrogen-bond donors (Lipinski definition) is 1. The molecule has 214 valence electrons. The number of benzene rings is 2. The van der Waals surface area contributed by atoms with Crippen molar-refractivity contribution in [3.63, 3.8) is 0 Å². The van der Waals surface area contributed by atoms with E-state index in [2.05, 4.69) is 20.1 Å². The van der Waals surface area contributed by atoms with Crippen LogP contribution in [0.25, 0.3) is 37.4 Å². The fraction of sp³-hybridized carbons (Fsp3) is 0.379. The van der Waals surface area contributed by atoms with Gasteiger partial charge < -0.3 is 14.9 Å². The molecule has 0 radical (unpaired) electrons. The number of likely N-dealkylation sites (N-methyl/N-ethyl adjacent to an activating group) is 1. The third-order valence-corrected chi connectivity index (χ3v) is 8.35. The second kappa shape index (κ2) is 10.9. The lowest BCUT2D eigenvalue weighted by molar-refractivity contribution is 0.0582. The molecule has 1 N–H and O–H groups in total. The van der Waals surface area contributed by atoms with Gasteiger partial charge in [-0.1, -0.05) is 17.3 Å². The lowest BCUT2D eigenvalue weighted by Gasteiger charge is -2.35. The molecule has 0 saturated carbocycles. The van der Waals surface area contributed by atoms with Crippen molar-refractivity contribution < 1.29 is 23.1 Å². The molecular weight excluding hydrogens is 553 g/mol. The molecule has 1 amide bonds. The Morgan fingerprint density at radius 1 is 1.20 bits per heavy atom. The van der Waals surface area contributed by atoms with Gasteiger partial charge in [-0.05, 0) is 64.5 Å². The topological polar surface area (TPSA) is 78.9 Å². The molecule has 1 atom stereocenters. The first-order valence-electron chi connectivity index (χ1n) is 13.1. The number of carbonyl (C=O) groups is 1. The molecule has 2 aromatic heterocycles. The number of aromatic nitrogens is 3. The van der Waals surface area contributed by atoms with Crippen molar-refractivity contribution in [1.82, 2.24) is 24.8 Å². The van der Waals surface area contributed by atoms with Gasteiger partial charge in [-0.25, -0.2) is 22.7 Å². The Balaban J connectivity index is 1.65. The molecule has 1 fully saturated rings. The molecule has 1 aliphatic rings. The Labute approximate surface area is 239 Å². The highest BCUT2D eigenvalue weighted by atomic mass is 32.1. The first kappa shape index (κ1) is 28.7. The summed E-state index contributed by atoms with van der Waals surface area (Å²) in [5.74, 6) is -3.38. The van der Waals surface area contributed by atoms with E-state index in [1.54, 1.807) is 11.0 Å². The van der Waals surface area contributed by atoms with Crippen molar-refractivity contribution in [2.24, 2.45) is 0 Å². The molecule has 41 heavy (non-hydrogen) atoms. The van der Waals surface area contributed by atoms with Crippen LogP contribution in [0, 0.1) is 24.0 Å². The molecular formula is C29H29F3N6O2S. The van der Waals surface area contributed by atoms with Gasteiger partial charge in [0.2, 0.25) is 5.69 Å². The lowest BCUT2D eigenvalue weighted by atomic mass is 10.0. The van der Waals surface area contributed by atoms with Crippen LogP contribution < -0.4 is 0 Å². The van der Waals surface area contributed by atoms with Crippen LogP contribution in [0.5, 0.6) is 0 Å². The van der Waals surface area contributed by atoms with Gasteiger partial charge >= 0.3 is 0 Å². The number of fused-ring (bicyclic) bond motifs is 1. The molecule has 1 saturated heterocycles. The Bertz CT molecular complexity index is 1680. The fourth-order valence-corrected chi connectivity index (χ4v) is 6.27. The SMILES string of the molecule is [C-]#[N+]c1ccc(-c2cc(C(=O)N3CCC[C@@H](N(C)C)C3)sc2-c2cc3nnn(CC(C)(C)O)c3c(F)c2F)cc1F. The highest BCUT2D eigenvalue weighted by Gasteiger charge is 2.30. The van der Waals surface area contributed by atoms with Crippen molar-refractivity contribution in [2.75, 3.05) is 27.2 Å². The maximum Gasteiger partial charge on any atom is 0.264 e. The largest absolute Gasteiger partial charge is 0.389 e. The van der Waals surface area contributed by atoms with E-state index in [1.165, 1.54) is 32.0 Å². The number of likely N-dealkylation sites (tertiary alicyclic amines) is 1. The van der Waals surface area contributed by atoms with E-state index < -0.39 is 23.1 Å². The summed E-state index contributed by atoms with van der Waals surface area (Å²) in [6, 6.07) is 7.10. The fourth-order valence-electron chi connectivity index (χ4n) is 5.11. The molecule has 8 nitrogen and oxygen atoms in total. The summed E-state index contributed by atoms with van der Waals surface area (Å²) in [6.07, 6.45) is 1.79. The molecule has 1 aliphatic heterocycles. The summed E-state index contributed by atoms with van der Waals surface area (Å²) < 4.78 is 47.1. The number of rotatable bonds is 6. The molecule has 0 unspecified atom stereocenters. The van der Waals surface area contributed by atoms with Crippen LogP contribution in [-0.2, 0) is 6.54 Å². The second-order valence-electron chi connectivity index (χ2n) is 11.1. The quantitative estimate of drug-likeness (QED) is 0.294. The zero-order valence-corrected chi connectivity index (χ0v) is 23.9. The van der Waals surface area contributed by atoms with Gasteiger partial charge in [0, 0.05) is 35.1 Å². The van der Waals surface area contributed by atoms with Crippen molar-refractivity contribution in [1.29, 1.82) is 0 Å². The van der Waals surface area contributed by atoms with Crippen LogP contribution in [0.4, 0.5) is 18.9 Å². The predicted molar refractivity (Wildman–Crippen MR) is 151 cm³/mol. The standard InChI is InChI=1S/C29H29F3N6O2S/c1-29(2,40)15-38-26-22(34-35-38)12-19(24(31)25(26)32)27-18(16-8-9-21(33-3)20(30)11-16)13-23(41-27)28(39)37-10-6-7-17(14-37)36(4)5/h8-9,11-13,17,40H,6-7,10,14-15H2,1-2,4-5H3/t17-/m1/s1. The van der Waals surface area contributed by atoms with Crippen molar-refractivity contribution in [3.8, 4) is 21.6 Å². The number of hydrogen-bond acceptors (Lipinski definition) is 6. The van der Waals surface area contributed by atoms with Crippen molar-refractivity contribution in [2.45, 2.75) is 44.9 Å². The second-order valence-corrected chi connectivity index (χ2v) is 12.2. The number of nitrogens with zero attached hydrogens (tertiary/aromatic N) is 6. The number of carbonyl (C=O) groups excluding carboxylic acids is 1. The Kier molecular flexibility index (Phi) is 7.63. The van der Waals surface area contributed by atoms with Crippen molar-refractivity contribution in [3.05, 3.63) is 64.1 Å². The lowest BCUT2D eigenvalue weighted by Crippen LogP contribution is -2.47. The van der Waals surface area contributed by atoms with Crippen molar-refractivity contribution >= 4 is 34.0 Å². The molecule has 12 heteroatoms. The summed E-state index contributed by atoms with van der Waals surface area (Å²) in [5, 5.41) is 18.1. The number of piperidine rings is 1. The summed E-state index contributed by atoms with van der Waals surface area (Å²) in [7, 11) is 3.93. The van der Waals surface area contributed by atoms with Gasteiger partial charge in [-0.2, -0.15) is 0 Å². The number of amides is 1. The minimum absolute atomic E-state index is 0.0646. The molecule has 0 aliphatic carbocycles. The summed E-state index contributed by atoms with van der Waals surface area (Å²) >= 11 is 0.993. The van der Waals surface area contributed by atoms with E-state index in [0.29, 0.717) is 29.1 Å². The molecule has 0 spiro atoms. The molecule has 5 rings (SSSR count). The Morgan fingerprint density at radius 3 is 2.61 bits per heavy atom. The summed E-state index contributed by atoms with van der Waals surface area (Å²) in [6.45, 7) is 11.2. The predicted octanol–water partition coefficient (Wildman–Crippen LogP) is 5.73. The van der Waals surface area contributed by atoms with Crippen LogP contribution in [0.2, 0.25) is 0 Å². The minimum atomic E-state index is -1.25. The summed E-state index contributed by atoms with van der Waals surface area (Å²) in [4.78, 5) is 21.2. The van der Waals surface area contributed by atoms with Crippen LogP contribution in [-0.4, -0.2) is 74.6 Å². The van der Waals surface area contributed by atoms with E-state index >= 15 is 8.78 Å². The Morgan fingerprint density at radius 2 is 1.95 bits per heavy atom. The van der Waals surface area contributed by atoms with Gasteiger partial charge in [0.05, 0.1) is 23.6 Å².